The summed E-state index contributed by atoms with van der Waals surface area (Å²) in [6, 6.07) is 6.05. The average Bonchev–Trinajstić information content (AvgIpc) is 2.93. The van der Waals surface area contributed by atoms with Crippen LogP contribution in [0.2, 0.25) is 0 Å². The van der Waals surface area contributed by atoms with Crippen LogP contribution in [0, 0.1) is 12.7 Å². The third-order valence-corrected chi connectivity index (χ3v) is 5.29. The van der Waals surface area contributed by atoms with E-state index in [9.17, 15) is 18.8 Å². The van der Waals surface area contributed by atoms with Gasteiger partial charge in [-0.3, -0.25) is 14.5 Å². The lowest BCUT2D eigenvalue weighted by molar-refractivity contribution is -0.117. The SMILES string of the molecule is CCOC(=O)c1c(NC(=O)CN(C)Cc2ccc(F)cc2)sc(C(C)=O)c1C. The number of ketones is 1. The number of carbonyl (C=O) groups is 3. The van der Waals surface area contributed by atoms with Crippen LogP contribution in [0.15, 0.2) is 24.3 Å². The molecule has 0 radical (unpaired) electrons. The number of halogens is 1. The summed E-state index contributed by atoms with van der Waals surface area (Å²) in [6.07, 6.45) is 0. The van der Waals surface area contributed by atoms with Crippen molar-refractivity contribution in [2.45, 2.75) is 27.3 Å². The number of anilines is 1. The largest absolute Gasteiger partial charge is 0.462 e. The minimum absolute atomic E-state index is 0.0615. The molecule has 0 aliphatic rings. The first-order valence-corrected chi connectivity index (χ1v) is 9.58. The van der Waals surface area contributed by atoms with Gasteiger partial charge in [-0.25, -0.2) is 9.18 Å². The average molecular weight is 406 g/mol. The van der Waals surface area contributed by atoms with Crippen LogP contribution in [-0.2, 0) is 16.1 Å². The third-order valence-electron chi connectivity index (χ3n) is 3.98. The maximum atomic E-state index is 13.0. The molecule has 1 aromatic carbocycles. The number of rotatable bonds is 8. The normalized spacial score (nSPS) is 10.8. The molecular formula is C20H23FN2O4S. The summed E-state index contributed by atoms with van der Waals surface area (Å²) in [4.78, 5) is 38.7. The summed E-state index contributed by atoms with van der Waals surface area (Å²) in [5, 5.41) is 3.02. The molecule has 0 fully saturated rings. The molecule has 6 nitrogen and oxygen atoms in total. The van der Waals surface area contributed by atoms with Gasteiger partial charge in [0.2, 0.25) is 5.91 Å². The number of likely N-dealkylation sites (N-methyl/N-ethyl adjacent to an activating group) is 1. The number of nitrogens with zero attached hydrogens (tertiary/aromatic N) is 1. The lowest BCUT2D eigenvalue weighted by atomic mass is 10.1. The highest BCUT2D eigenvalue weighted by atomic mass is 32.1. The highest BCUT2D eigenvalue weighted by molar-refractivity contribution is 7.18. The highest BCUT2D eigenvalue weighted by Gasteiger charge is 2.25. The van der Waals surface area contributed by atoms with E-state index >= 15 is 0 Å². The van der Waals surface area contributed by atoms with Gasteiger partial charge in [-0.2, -0.15) is 0 Å². The van der Waals surface area contributed by atoms with Crippen molar-refractivity contribution in [1.29, 1.82) is 0 Å². The molecule has 150 valence electrons. The molecule has 0 bridgehead atoms. The maximum Gasteiger partial charge on any atom is 0.341 e. The number of thiophene rings is 1. The summed E-state index contributed by atoms with van der Waals surface area (Å²) < 4.78 is 18.0. The zero-order valence-electron chi connectivity index (χ0n) is 16.3. The summed E-state index contributed by atoms with van der Waals surface area (Å²) >= 11 is 1.07. The summed E-state index contributed by atoms with van der Waals surface area (Å²) in [6.45, 7) is 5.48. The van der Waals surface area contributed by atoms with E-state index in [1.54, 1.807) is 37.9 Å². The molecule has 0 spiro atoms. The molecule has 1 amide bonds. The number of carbonyl (C=O) groups excluding carboxylic acids is 3. The van der Waals surface area contributed by atoms with Crippen LogP contribution >= 0.6 is 11.3 Å². The van der Waals surface area contributed by atoms with Crippen LogP contribution in [0.3, 0.4) is 0 Å². The van der Waals surface area contributed by atoms with E-state index in [1.807, 2.05) is 0 Å². The number of Topliss-reactive ketones (excluding diaryl/α,β-unsaturated/α-hetero) is 1. The molecule has 2 aromatic rings. The second-order valence-corrected chi connectivity index (χ2v) is 7.40. The Morgan fingerprint density at radius 1 is 1.21 bits per heavy atom. The maximum absolute atomic E-state index is 13.0. The van der Waals surface area contributed by atoms with E-state index in [0.717, 1.165) is 16.9 Å². The van der Waals surface area contributed by atoms with Crippen LogP contribution in [0.5, 0.6) is 0 Å². The molecule has 0 atom stereocenters. The number of benzene rings is 1. The van der Waals surface area contributed by atoms with Crippen LogP contribution in [0.1, 0.15) is 45.0 Å². The van der Waals surface area contributed by atoms with Gasteiger partial charge in [-0.05, 0) is 51.1 Å². The van der Waals surface area contributed by atoms with E-state index in [-0.39, 0.29) is 36.2 Å². The molecule has 0 saturated heterocycles. The van der Waals surface area contributed by atoms with Gasteiger partial charge in [0.05, 0.1) is 23.6 Å². The lowest BCUT2D eigenvalue weighted by Crippen LogP contribution is -2.30. The fourth-order valence-electron chi connectivity index (χ4n) is 2.76. The van der Waals surface area contributed by atoms with E-state index in [4.69, 9.17) is 4.74 Å². The molecule has 0 aliphatic heterocycles. The zero-order chi connectivity index (χ0) is 20.8. The summed E-state index contributed by atoms with van der Waals surface area (Å²) in [7, 11) is 1.76. The van der Waals surface area contributed by atoms with Crippen molar-refractivity contribution in [2.75, 3.05) is 25.5 Å². The first-order chi connectivity index (χ1) is 13.2. The van der Waals surface area contributed by atoms with Crippen LogP contribution < -0.4 is 5.32 Å². The standard InChI is InChI=1S/C20H23FN2O4S/c1-5-27-20(26)17-12(2)18(13(3)24)28-19(17)22-16(25)11-23(4)10-14-6-8-15(21)9-7-14/h6-9H,5,10-11H2,1-4H3,(H,22,25). The smallest absolute Gasteiger partial charge is 0.341 e. The minimum Gasteiger partial charge on any atom is -0.462 e. The number of nitrogens with one attached hydrogen (secondary N) is 1. The Morgan fingerprint density at radius 3 is 2.43 bits per heavy atom. The van der Waals surface area contributed by atoms with Crippen LogP contribution in [-0.4, -0.2) is 42.8 Å². The first-order valence-electron chi connectivity index (χ1n) is 8.77. The van der Waals surface area contributed by atoms with Crippen molar-refractivity contribution in [3.05, 3.63) is 51.7 Å². The van der Waals surface area contributed by atoms with Crippen molar-refractivity contribution in [3.8, 4) is 0 Å². The molecule has 1 N–H and O–H groups in total. The van der Waals surface area contributed by atoms with Crippen molar-refractivity contribution in [2.24, 2.45) is 0 Å². The van der Waals surface area contributed by atoms with Crippen LogP contribution in [0.25, 0.3) is 0 Å². The summed E-state index contributed by atoms with van der Waals surface area (Å²) in [5.74, 6) is -1.39. The lowest BCUT2D eigenvalue weighted by Gasteiger charge is -2.16. The zero-order valence-corrected chi connectivity index (χ0v) is 17.1. The van der Waals surface area contributed by atoms with Gasteiger partial charge >= 0.3 is 5.97 Å². The van der Waals surface area contributed by atoms with Gasteiger partial charge in [-0.15, -0.1) is 11.3 Å². The number of hydrogen-bond donors (Lipinski definition) is 1. The molecule has 0 aliphatic carbocycles. The molecular weight excluding hydrogens is 383 g/mol. The molecule has 1 heterocycles. The minimum atomic E-state index is -0.571. The second-order valence-electron chi connectivity index (χ2n) is 6.38. The Kier molecular flexibility index (Phi) is 7.42. The third kappa shape index (κ3) is 5.46. The topological polar surface area (TPSA) is 75.7 Å². The monoisotopic (exact) mass is 406 g/mol. The number of ether oxygens (including phenoxy) is 1. The number of amides is 1. The molecule has 0 saturated carbocycles. The van der Waals surface area contributed by atoms with Crippen molar-refractivity contribution < 1.29 is 23.5 Å². The number of esters is 1. The Bertz CT molecular complexity index is 877. The molecule has 8 heteroatoms. The predicted octanol–water partition coefficient (Wildman–Crippen LogP) is 3.65. The van der Waals surface area contributed by atoms with Gasteiger partial charge in [0, 0.05) is 6.54 Å². The Morgan fingerprint density at radius 2 is 1.86 bits per heavy atom. The van der Waals surface area contributed by atoms with Crippen molar-refractivity contribution in [1.82, 2.24) is 4.90 Å². The molecule has 2 rings (SSSR count). The van der Waals surface area contributed by atoms with Gasteiger partial charge < -0.3 is 10.1 Å². The molecule has 0 unspecified atom stereocenters. The van der Waals surface area contributed by atoms with Gasteiger partial charge in [0.25, 0.3) is 0 Å². The van der Waals surface area contributed by atoms with E-state index < -0.39 is 5.97 Å². The van der Waals surface area contributed by atoms with Crippen molar-refractivity contribution >= 4 is 34.0 Å². The Labute approximate surface area is 167 Å². The second kappa shape index (κ2) is 9.57. The summed E-state index contributed by atoms with van der Waals surface area (Å²) in [5.41, 5.74) is 1.59. The van der Waals surface area contributed by atoms with E-state index in [0.29, 0.717) is 22.0 Å². The highest BCUT2D eigenvalue weighted by Crippen LogP contribution is 2.34. The fraction of sp³-hybridized carbons (Fsp3) is 0.350. The predicted molar refractivity (Wildman–Crippen MR) is 106 cm³/mol. The quantitative estimate of drug-likeness (QED) is 0.535. The first kappa shape index (κ1) is 21.7. The van der Waals surface area contributed by atoms with Crippen LogP contribution in [0.4, 0.5) is 9.39 Å². The molecule has 28 heavy (non-hydrogen) atoms. The fourth-order valence-corrected chi connectivity index (χ4v) is 3.86. The van der Waals surface area contributed by atoms with Gasteiger partial charge in [-0.1, -0.05) is 12.1 Å². The Hall–Kier alpha value is -2.58. The van der Waals surface area contributed by atoms with Gasteiger partial charge in [0.15, 0.2) is 5.78 Å². The van der Waals surface area contributed by atoms with E-state index in [1.165, 1.54) is 19.1 Å². The Balaban J connectivity index is 2.11. The molecule has 1 aromatic heterocycles. The van der Waals surface area contributed by atoms with Crippen molar-refractivity contribution in [3.63, 3.8) is 0 Å². The van der Waals surface area contributed by atoms with Gasteiger partial charge in [0.1, 0.15) is 10.8 Å². The number of hydrogen-bond acceptors (Lipinski definition) is 6. The van der Waals surface area contributed by atoms with E-state index in [2.05, 4.69) is 5.32 Å².